The molecular weight excluding hydrogens is 281 g/mol. The summed E-state index contributed by atoms with van der Waals surface area (Å²) in [6.07, 6.45) is 2.44. The molecule has 0 saturated heterocycles. The molecule has 2 nitrogen and oxygen atoms in total. The summed E-state index contributed by atoms with van der Waals surface area (Å²) in [5.41, 5.74) is 5.72. The van der Waals surface area contributed by atoms with Crippen molar-refractivity contribution in [2.45, 2.75) is 55.5 Å². The third-order valence-electron chi connectivity index (χ3n) is 2.13. The molecule has 0 rings (SSSR count). The van der Waals surface area contributed by atoms with Crippen molar-refractivity contribution in [1.82, 2.24) is 0 Å². The van der Waals surface area contributed by atoms with Crippen LogP contribution in [0.5, 0.6) is 0 Å². The van der Waals surface area contributed by atoms with Gasteiger partial charge in [-0.25, -0.2) is 0 Å². The van der Waals surface area contributed by atoms with Crippen molar-refractivity contribution in [2.24, 2.45) is 11.7 Å². The summed E-state index contributed by atoms with van der Waals surface area (Å²) in [6, 6.07) is 0.363. The fraction of sp³-hybridized carbons (Fsp3) is 1.00. The van der Waals surface area contributed by atoms with E-state index < -0.39 is 20.2 Å². The molecule has 0 radical (unpaired) electrons. The minimum atomic E-state index is -1.43. The van der Waals surface area contributed by atoms with Crippen molar-refractivity contribution in [2.75, 3.05) is 6.61 Å². The summed E-state index contributed by atoms with van der Waals surface area (Å²) >= 11 is -1.43. The van der Waals surface area contributed by atoms with Crippen LogP contribution in [0.3, 0.4) is 0 Å². The molecule has 3 heteroatoms. The fourth-order valence-electron chi connectivity index (χ4n) is 1.26. The topological polar surface area (TPSA) is 35.2 Å². The van der Waals surface area contributed by atoms with Gasteiger partial charge in [-0.2, -0.15) is 0 Å². The van der Waals surface area contributed by atoms with Gasteiger partial charge in [-0.1, -0.05) is 0 Å². The molecule has 0 spiro atoms. The van der Waals surface area contributed by atoms with Gasteiger partial charge in [-0.15, -0.1) is 0 Å². The van der Waals surface area contributed by atoms with E-state index in [4.69, 9.17) is 8.81 Å². The molecule has 0 aliphatic rings. The van der Waals surface area contributed by atoms with Gasteiger partial charge in [0.2, 0.25) is 0 Å². The van der Waals surface area contributed by atoms with E-state index in [-0.39, 0.29) is 0 Å². The molecule has 0 aliphatic heterocycles. The van der Waals surface area contributed by atoms with Gasteiger partial charge in [-0.05, 0) is 0 Å². The van der Waals surface area contributed by atoms with Crippen molar-refractivity contribution >= 4 is 20.2 Å². The Morgan fingerprint density at radius 2 is 1.93 bits per heavy atom. The average Bonchev–Trinajstić information content (AvgIpc) is 2.10. The van der Waals surface area contributed by atoms with Gasteiger partial charge in [0.25, 0.3) is 0 Å². The average molecular weight is 307 g/mol. The predicted octanol–water partition coefficient (Wildman–Crippen LogP) is 2.80. The predicted molar refractivity (Wildman–Crippen MR) is 64.7 cm³/mol. The Balaban J connectivity index is 3.48. The standard InChI is InChI=1S/C5H12N.C4H9O.C2H5.Sn/c1-3-4-5(2)6;1-4(2)3-5;1-2;/h5H,1,3-4,6H2,2H3;4H,3H2,1-2H3;1H2,2H3;/q;-1;;+2. The second kappa shape index (κ2) is 8.98. The third kappa shape index (κ3) is 9.28. The van der Waals surface area contributed by atoms with Crippen LogP contribution in [0.25, 0.3) is 0 Å². The Labute approximate surface area is 96.9 Å². The molecular formula is C11H26NOSn+. The first kappa shape index (κ1) is 14.7. The first-order valence-corrected chi connectivity index (χ1v) is 11.0. The van der Waals surface area contributed by atoms with E-state index in [1.54, 1.807) is 0 Å². The Morgan fingerprint density at radius 3 is 2.36 bits per heavy atom. The maximum atomic E-state index is 5.99. The van der Waals surface area contributed by atoms with E-state index >= 15 is 0 Å². The zero-order valence-corrected chi connectivity index (χ0v) is 13.0. The van der Waals surface area contributed by atoms with Crippen molar-refractivity contribution in [1.29, 1.82) is 0 Å². The van der Waals surface area contributed by atoms with Crippen molar-refractivity contribution in [3.63, 3.8) is 0 Å². The van der Waals surface area contributed by atoms with Crippen LogP contribution in [0.15, 0.2) is 0 Å². The van der Waals surface area contributed by atoms with E-state index in [1.807, 2.05) is 0 Å². The van der Waals surface area contributed by atoms with Crippen LogP contribution in [0.1, 0.15) is 40.5 Å². The Bertz CT molecular complexity index is 128. The maximum absolute atomic E-state index is 5.99. The fourth-order valence-corrected chi connectivity index (χ4v) is 6.59. The molecule has 0 heterocycles. The number of nitrogens with two attached hydrogens (primary N) is 1. The molecule has 1 atom stereocenters. The Hall–Kier alpha value is 0.719. The van der Waals surface area contributed by atoms with Crippen LogP contribution >= 0.6 is 0 Å². The van der Waals surface area contributed by atoms with Gasteiger partial charge in [0.15, 0.2) is 0 Å². The summed E-state index contributed by atoms with van der Waals surface area (Å²) in [4.78, 5) is 0. The molecule has 2 N–H and O–H groups in total. The van der Waals surface area contributed by atoms with Crippen LogP contribution in [0.2, 0.25) is 8.87 Å². The Morgan fingerprint density at radius 1 is 1.29 bits per heavy atom. The molecule has 0 fully saturated rings. The van der Waals surface area contributed by atoms with E-state index in [0.29, 0.717) is 12.0 Å². The summed E-state index contributed by atoms with van der Waals surface area (Å²) in [5.74, 6) is 0.686. The molecule has 14 heavy (non-hydrogen) atoms. The van der Waals surface area contributed by atoms with Gasteiger partial charge in [0.05, 0.1) is 0 Å². The number of hydrogen-bond donors (Lipinski definition) is 1. The van der Waals surface area contributed by atoms with Crippen LogP contribution in [0, 0.1) is 5.92 Å². The SMILES string of the molecule is C[CH2][Sn+]([CH2]CCC(C)N)[O]CC(C)C. The molecule has 0 aromatic rings. The first-order valence-electron chi connectivity index (χ1n) is 5.79. The van der Waals surface area contributed by atoms with Gasteiger partial charge < -0.3 is 0 Å². The van der Waals surface area contributed by atoms with Crippen LogP contribution in [0.4, 0.5) is 0 Å². The van der Waals surface area contributed by atoms with Crippen LogP contribution in [-0.2, 0) is 3.07 Å². The second-order valence-electron chi connectivity index (χ2n) is 4.47. The summed E-state index contributed by atoms with van der Waals surface area (Å²) in [7, 11) is 0. The van der Waals surface area contributed by atoms with E-state index in [1.165, 1.54) is 15.3 Å². The normalized spacial score (nSPS) is 13.3. The Kier molecular flexibility index (Phi) is 9.44. The van der Waals surface area contributed by atoms with Crippen molar-refractivity contribution < 1.29 is 3.07 Å². The number of hydrogen-bond acceptors (Lipinski definition) is 2. The zero-order valence-electron chi connectivity index (χ0n) is 10.2. The van der Waals surface area contributed by atoms with Gasteiger partial charge in [0, 0.05) is 0 Å². The molecule has 0 amide bonds. The molecule has 0 aliphatic carbocycles. The third-order valence-corrected chi connectivity index (χ3v) is 8.62. The van der Waals surface area contributed by atoms with E-state index in [0.717, 1.165) is 13.0 Å². The monoisotopic (exact) mass is 308 g/mol. The van der Waals surface area contributed by atoms with E-state index in [2.05, 4.69) is 27.7 Å². The molecule has 84 valence electrons. The van der Waals surface area contributed by atoms with Crippen LogP contribution in [-0.4, -0.2) is 32.8 Å². The summed E-state index contributed by atoms with van der Waals surface area (Å²) < 4.78 is 8.66. The minimum absolute atomic E-state index is 0.363. The van der Waals surface area contributed by atoms with Crippen LogP contribution < -0.4 is 5.73 Å². The molecule has 0 saturated carbocycles. The zero-order chi connectivity index (χ0) is 11.0. The quantitative estimate of drug-likeness (QED) is 0.700. The number of rotatable bonds is 8. The molecule has 0 aromatic heterocycles. The van der Waals surface area contributed by atoms with E-state index in [9.17, 15) is 0 Å². The molecule has 0 bridgehead atoms. The van der Waals surface area contributed by atoms with Gasteiger partial charge in [0.1, 0.15) is 0 Å². The van der Waals surface area contributed by atoms with Gasteiger partial charge in [-0.3, -0.25) is 0 Å². The van der Waals surface area contributed by atoms with Crippen molar-refractivity contribution in [3.05, 3.63) is 0 Å². The molecule has 1 unspecified atom stereocenters. The first-order chi connectivity index (χ1) is 6.56. The van der Waals surface area contributed by atoms with Crippen molar-refractivity contribution in [3.8, 4) is 0 Å². The molecule has 0 aromatic carbocycles. The van der Waals surface area contributed by atoms with Gasteiger partial charge >= 0.3 is 97.0 Å². The second-order valence-corrected chi connectivity index (χ2v) is 11.8. The summed E-state index contributed by atoms with van der Waals surface area (Å²) in [5, 5.41) is 0. The summed E-state index contributed by atoms with van der Waals surface area (Å²) in [6.45, 7) is 9.78.